The van der Waals surface area contributed by atoms with Gasteiger partial charge in [0.25, 0.3) is 0 Å². The Balaban J connectivity index is 1.64. The summed E-state index contributed by atoms with van der Waals surface area (Å²) in [7, 11) is 1.66. The molecular formula is C28H38FN3O4. The number of likely N-dealkylation sites (tertiary alicyclic amines) is 2. The second-order valence-electron chi connectivity index (χ2n) is 10.1. The number of amides is 2. The van der Waals surface area contributed by atoms with Gasteiger partial charge in [-0.05, 0) is 60.9 Å². The molecule has 1 unspecified atom stereocenters. The van der Waals surface area contributed by atoms with Crippen LogP contribution < -0.4 is 5.73 Å². The van der Waals surface area contributed by atoms with Crippen molar-refractivity contribution in [2.45, 2.75) is 49.9 Å². The molecule has 4 atom stereocenters. The number of hydrogen-bond donors (Lipinski definition) is 3. The lowest BCUT2D eigenvalue weighted by atomic mass is 9.72. The van der Waals surface area contributed by atoms with Gasteiger partial charge in [-0.3, -0.25) is 0 Å². The molecule has 2 aliphatic rings. The van der Waals surface area contributed by atoms with Gasteiger partial charge in [-0.1, -0.05) is 36.4 Å². The van der Waals surface area contributed by atoms with E-state index in [-0.39, 0.29) is 24.3 Å². The summed E-state index contributed by atoms with van der Waals surface area (Å²) < 4.78 is 19.3. The number of methoxy groups -OCH3 is 1. The number of aliphatic hydroxyl groups is 2. The third kappa shape index (κ3) is 5.72. The third-order valence-electron chi connectivity index (χ3n) is 7.66. The van der Waals surface area contributed by atoms with Crippen molar-refractivity contribution in [3.8, 4) is 11.1 Å². The number of halogens is 1. The monoisotopic (exact) mass is 499 g/mol. The molecule has 2 amide bonds. The number of hydrogen-bond acceptors (Lipinski definition) is 5. The molecule has 2 heterocycles. The molecular weight excluding hydrogens is 461 g/mol. The summed E-state index contributed by atoms with van der Waals surface area (Å²) in [4.78, 5) is 16.7. The van der Waals surface area contributed by atoms with Gasteiger partial charge in [-0.15, -0.1) is 0 Å². The number of unbranched alkanes of at least 4 members (excludes halogenated alkanes) is 1. The first kappa shape index (κ1) is 26.5. The van der Waals surface area contributed by atoms with Gasteiger partial charge < -0.3 is 30.5 Å². The maximum Gasteiger partial charge on any atom is 0.320 e. The number of carbonyl (C=O) groups is 1. The summed E-state index contributed by atoms with van der Waals surface area (Å²) >= 11 is 0. The van der Waals surface area contributed by atoms with E-state index in [1.807, 2.05) is 30.3 Å². The minimum atomic E-state index is -1.21. The maximum atomic E-state index is 14.1. The van der Waals surface area contributed by atoms with Crippen molar-refractivity contribution >= 4 is 6.03 Å². The number of urea groups is 1. The van der Waals surface area contributed by atoms with Crippen molar-refractivity contribution in [3.63, 3.8) is 0 Å². The number of rotatable bonds is 8. The first-order valence-electron chi connectivity index (χ1n) is 12.9. The lowest BCUT2D eigenvalue weighted by Gasteiger charge is -2.44. The molecule has 0 aromatic heterocycles. The number of benzene rings is 2. The Bertz CT molecular complexity index is 1030. The fraction of sp³-hybridized carbons (Fsp3) is 0.536. The number of nitrogens with zero attached hydrogens (tertiary/aromatic N) is 2. The highest BCUT2D eigenvalue weighted by atomic mass is 19.1. The van der Waals surface area contributed by atoms with Crippen LogP contribution in [0.25, 0.3) is 11.1 Å². The fourth-order valence-electron chi connectivity index (χ4n) is 5.68. The molecule has 0 saturated carbocycles. The summed E-state index contributed by atoms with van der Waals surface area (Å²) in [5.74, 6) is -0.528. The molecule has 0 spiro atoms. The zero-order valence-corrected chi connectivity index (χ0v) is 21.0. The Morgan fingerprint density at radius 2 is 1.94 bits per heavy atom. The fourth-order valence-corrected chi connectivity index (χ4v) is 5.68. The highest BCUT2D eigenvalue weighted by Crippen LogP contribution is 2.44. The average Bonchev–Trinajstić information content (AvgIpc) is 3.24. The predicted octanol–water partition coefficient (Wildman–Crippen LogP) is 3.33. The van der Waals surface area contributed by atoms with Gasteiger partial charge in [0, 0.05) is 51.9 Å². The molecule has 4 N–H and O–H groups in total. The highest BCUT2D eigenvalue weighted by molar-refractivity contribution is 5.75. The van der Waals surface area contributed by atoms with Crippen LogP contribution in [0.5, 0.6) is 0 Å². The molecule has 4 rings (SSSR count). The van der Waals surface area contributed by atoms with E-state index in [1.165, 1.54) is 12.1 Å². The van der Waals surface area contributed by atoms with E-state index in [4.69, 9.17) is 10.5 Å². The van der Waals surface area contributed by atoms with Crippen LogP contribution in [0.1, 0.15) is 37.7 Å². The van der Waals surface area contributed by atoms with E-state index in [9.17, 15) is 19.4 Å². The molecule has 2 fully saturated rings. The molecule has 0 bridgehead atoms. The van der Waals surface area contributed by atoms with E-state index in [1.54, 1.807) is 23.0 Å². The summed E-state index contributed by atoms with van der Waals surface area (Å²) in [5.41, 5.74) is 6.98. The van der Waals surface area contributed by atoms with Crippen molar-refractivity contribution in [1.82, 2.24) is 9.80 Å². The minimum Gasteiger partial charge on any atom is -0.390 e. The second kappa shape index (κ2) is 11.7. The number of piperidine rings is 1. The van der Waals surface area contributed by atoms with Gasteiger partial charge in [-0.2, -0.15) is 0 Å². The van der Waals surface area contributed by atoms with Crippen LogP contribution in [0.3, 0.4) is 0 Å². The van der Waals surface area contributed by atoms with Crippen LogP contribution >= 0.6 is 0 Å². The van der Waals surface area contributed by atoms with Crippen molar-refractivity contribution < 1.29 is 24.1 Å². The first-order valence-corrected chi connectivity index (χ1v) is 12.9. The highest BCUT2D eigenvalue weighted by Gasteiger charge is 2.43. The summed E-state index contributed by atoms with van der Waals surface area (Å²) in [5, 5.41) is 22.5. The van der Waals surface area contributed by atoms with Crippen molar-refractivity contribution in [2.24, 2.45) is 11.7 Å². The minimum absolute atomic E-state index is 0.146. The van der Waals surface area contributed by atoms with Crippen LogP contribution in [-0.2, 0) is 10.3 Å². The average molecular weight is 500 g/mol. The molecule has 36 heavy (non-hydrogen) atoms. The molecule has 7 nitrogen and oxygen atoms in total. The number of aliphatic hydroxyl groups excluding tert-OH is 1. The smallest absolute Gasteiger partial charge is 0.320 e. The van der Waals surface area contributed by atoms with Crippen LogP contribution in [0, 0.1) is 11.7 Å². The van der Waals surface area contributed by atoms with Crippen LogP contribution in [0.15, 0.2) is 48.5 Å². The van der Waals surface area contributed by atoms with E-state index in [2.05, 4.69) is 0 Å². The van der Waals surface area contributed by atoms with E-state index < -0.39 is 17.7 Å². The van der Waals surface area contributed by atoms with E-state index in [0.717, 1.165) is 36.8 Å². The Morgan fingerprint density at radius 3 is 2.67 bits per heavy atom. The number of carbonyl (C=O) groups excluding carboxylic acids is 1. The topological polar surface area (TPSA) is 99.3 Å². The van der Waals surface area contributed by atoms with Gasteiger partial charge in [0.05, 0.1) is 11.7 Å². The summed E-state index contributed by atoms with van der Waals surface area (Å²) in [6, 6.07) is 13.5. The Hall–Kier alpha value is -2.52. The van der Waals surface area contributed by atoms with Gasteiger partial charge in [0.1, 0.15) is 5.82 Å². The van der Waals surface area contributed by atoms with E-state index >= 15 is 0 Å². The number of β-amino-alcohol motifs (C(OH)–C–C–N with tert-alkyl or cyclic N) is 1. The van der Waals surface area contributed by atoms with Gasteiger partial charge in [-0.25, -0.2) is 9.18 Å². The molecule has 2 saturated heterocycles. The summed E-state index contributed by atoms with van der Waals surface area (Å²) in [6.45, 7) is 2.16. The van der Waals surface area contributed by atoms with Crippen LogP contribution in [-0.4, -0.2) is 78.1 Å². The molecule has 2 aromatic rings. The molecule has 196 valence electrons. The molecule has 8 heteroatoms. The zero-order chi connectivity index (χ0) is 25.7. The molecule has 2 aliphatic heterocycles. The maximum absolute atomic E-state index is 14.1. The largest absolute Gasteiger partial charge is 0.390 e. The lowest BCUT2D eigenvalue weighted by Crippen LogP contribution is -2.52. The van der Waals surface area contributed by atoms with Gasteiger partial charge in [0.2, 0.25) is 0 Å². The van der Waals surface area contributed by atoms with Crippen molar-refractivity contribution in [3.05, 3.63) is 59.9 Å². The standard InChI is InChI=1S/C28H38FN3O4/c1-36-15-5-4-13-28(35,24-12-3-2-11-23(24)20-8-6-10-22(29)16-20)21-9-7-14-31(17-21)27(34)32-18-25(30)26(33)19-32/h2-3,6,8,10-12,16,21,25-26,33,35H,4-5,7,9,13-15,17-19,30H2,1H3/t21?,25-,26+,28+/m1/s1. The predicted molar refractivity (Wildman–Crippen MR) is 137 cm³/mol. The second-order valence-corrected chi connectivity index (χ2v) is 10.1. The quantitative estimate of drug-likeness (QED) is 0.484. The molecule has 0 aliphatic carbocycles. The SMILES string of the molecule is COCCCC[C@@](O)(c1ccccc1-c1cccc(F)c1)C1CCCN(C(=O)N2C[C@@H](N)[C@@H](O)C2)C1. The number of nitrogens with two attached hydrogens (primary N) is 1. The Labute approximate surface area is 212 Å². The molecule has 2 aromatic carbocycles. The van der Waals surface area contributed by atoms with Gasteiger partial charge in [0.15, 0.2) is 0 Å². The van der Waals surface area contributed by atoms with Crippen molar-refractivity contribution in [1.29, 1.82) is 0 Å². The lowest BCUT2D eigenvalue weighted by molar-refractivity contribution is -0.0571. The van der Waals surface area contributed by atoms with Gasteiger partial charge >= 0.3 is 6.03 Å². The Morgan fingerprint density at radius 1 is 1.14 bits per heavy atom. The Kier molecular flexibility index (Phi) is 8.62. The van der Waals surface area contributed by atoms with Crippen molar-refractivity contribution in [2.75, 3.05) is 39.9 Å². The molecule has 0 radical (unpaired) electrons. The van der Waals surface area contributed by atoms with Crippen LogP contribution in [0.4, 0.5) is 9.18 Å². The third-order valence-corrected chi connectivity index (χ3v) is 7.66. The van der Waals surface area contributed by atoms with Crippen LogP contribution in [0.2, 0.25) is 0 Å². The number of ether oxygens (including phenoxy) is 1. The van der Waals surface area contributed by atoms with E-state index in [0.29, 0.717) is 38.2 Å². The zero-order valence-electron chi connectivity index (χ0n) is 21.0. The summed E-state index contributed by atoms with van der Waals surface area (Å²) in [6.07, 6.45) is 2.87. The normalized spacial score (nSPS) is 24.1. The first-order chi connectivity index (χ1) is 17.3.